The Morgan fingerprint density at radius 2 is 2.08 bits per heavy atom. The van der Waals surface area contributed by atoms with E-state index in [-0.39, 0.29) is 0 Å². The third-order valence-electron chi connectivity index (χ3n) is 4.33. The summed E-state index contributed by atoms with van der Waals surface area (Å²) in [7, 11) is 0. The smallest absolute Gasteiger partial charge is 0.0300 e. The standard InChI is InChI=1S/C13H26/c1-5-7-11(3)10-12-8-9-13(12,4)6-2/h11-12H,5-10H2,1-4H3. The summed E-state index contributed by atoms with van der Waals surface area (Å²) in [6, 6.07) is 0. The Bertz CT molecular complexity index is 146. The van der Waals surface area contributed by atoms with Gasteiger partial charge in [-0.15, -0.1) is 0 Å². The van der Waals surface area contributed by atoms with Gasteiger partial charge in [-0.3, -0.25) is 0 Å². The van der Waals surface area contributed by atoms with Gasteiger partial charge in [0.05, 0.1) is 0 Å². The van der Waals surface area contributed by atoms with Gasteiger partial charge in [0.1, 0.15) is 0 Å². The van der Waals surface area contributed by atoms with E-state index in [0.717, 1.165) is 11.8 Å². The molecule has 0 aliphatic heterocycles. The SMILES string of the molecule is CCCC(C)CC1CCC1(C)CC. The molecule has 13 heavy (non-hydrogen) atoms. The van der Waals surface area contributed by atoms with E-state index in [1.54, 1.807) is 0 Å². The quantitative estimate of drug-likeness (QED) is 0.581. The second-order valence-electron chi connectivity index (χ2n) is 5.37. The zero-order valence-corrected chi connectivity index (χ0v) is 9.90. The topological polar surface area (TPSA) is 0 Å². The third kappa shape index (κ3) is 2.48. The third-order valence-corrected chi connectivity index (χ3v) is 4.33. The van der Waals surface area contributed by atoms with Crippen LogP contribution in [-0.4, -0.2) is 0 Å². The highest BCUT2D eigenvalue weighted by atomic mass is 14.5. The predicted molar refractivity (Wildman–Crippen MR) is 59.8 cm³/mol. The number of rotatable bonds is 5. The van der Waals surface area contributed by atoms with E-state index >= 15 is 0 Å². The van der Waals surface area contributed by atoms with Gasteiger partial charge >= 0.3 is 0 Å². The highest BCUT2D eigenvalue weighted by molar-refractivity contribution is 4.91. The van der Waals surface area contributed by atoms with Crippen LogP contribution < -0.4 is 0 Å². The molecule has 0 amide bonds. The van der Waals surface area contributed by atoms with Crippen LogP contribution in [0, 0.1) is 17.3 Å². The van der Waals surface area contributed by atoms with Crippen LogP contribution in [0.2, 0.25) is 0 Å². The second kappa shape index (κ2) is 4.48. The molecule has 3 atom stereocenters. The molecule has 3 unspecified atom stereocenters. The first kappa shape index (κ1) is 11.1. The number of hydrogen-bond donors (Lipinski definition) is 0. The summed E-state index contributed by atoms with van der Waals surface area (Å²) >= 11 is 0. The summed E-state index contributed by atoms with van der Waals surface area (Å²) in [6.45, 7) is 9.57. The van der Waals surface area contributed by atoms with Crippen LogP contribution in [-0.2, 0) is 0 Å². The van der Waals surface area contributed by atoms with Crippen molar-refractivity contribution in [3.63, 3.8) is 0 Å². The highest BCUT2D eigenvalue weighted by Crippen LogP contribution is 2.51. The van der Waals surface area contributed by atoms with E-state index in [1.165, 1.54) is 38.5 Å². The fourth-order valence-corrected chi connectivity index (χ4v) is 2.81. The van der Waals surface area contributed by atoms with E-state index < -0.39 is 0 Å². The molecule has 1 saturated carbocycles. The average Bonchev–Trinajstić information content (AvgIpc) is 2.12. The lowest BCUT2D eigenvalue weighted by atomic mass is 9.57. The maximum atomic E-state index is 2.49. The molecule has 0 heteroatoms. The van der Waals surface area contributed by atoms with Crippen LogP contribution in [0.1, 0.15) is 66.2 Å². The molecule has 0 nitrogen and oxygen atoms in total. The minimum Gasteiger partial charge on any atom is -0.0654 e. The van der Waals surface area contributed by atoms with Gasteiger partial charge in [0.25, 0.3) is 0 Å². The Kier molecular flexibility index (Phi) is 3.82. The molecule has 0 bridgehead atoms. The normalized spacial score (nSPS) is 35.5. The Morgan fingerprint density at radius 1 is 1.38 bits per heavy atom. The summed E-state index contributed by atoms with van der Waals surface area (Å²) in [5.41, 5.74) is 0.710. The molecular formula is C13H26. The van der Waals surface area contributed by atoms with Gasteiger partial charge in [-0.25, -0.2) is 0 Å². The second-order valence-corrected chi connectivity index (χ2v) is 5.37. The van der Waals surface area contributed by atoms with E-state index in [2.05, 4.69) is 27.7 Å². The van der Waals surface area contributed by atoms with Gasteiger partial charge in [-0.2, -0.15) is 0 Å². The molecule has 0 N–H and O–H groups in total. The lowest BCUT2D eigenvalue weighted by Crippen LogP contribution is -2.37. The molecule has 1 aliphatic rings. The van der Waals surface area contributed by atoms with Crippen molar-refractivity contribution in [1.29, 1.82) is 0 Å². The highest BCUT2D eigenvalue weighted by Gasteiger charge is 2.40. The minimum absolute atomic E-state index is 0.710. The van der Waals surface area contributed by atoms with Crippen molar-refractivity contribution >= 4 is 0 Å². The molecule has 0 saturated heterocycles. The average molecular weight is 182 g/mol. The van der Waals surface area contributed by atoms with Crippen molar-refractivity contribution in [2.75, 3.05) is 0 Å². The van der Waals surface area contributed by atoms with Gasteiger partial charge in [0.2, 0.25) is 0 Å². The summed E-state index contributed by atoms with van der Waals surface area (Å²) in [4.78, 5) is 0. The van der Waals surface area contributed by atoms with Gasteiger partial charge < -0.3 is 0 Å². The van der Waals surface area contributed by atoms with Gasteiger partial charge in [-0.1, -0.05) is 47.0 Å². The van der Waals surface area contributed by atoms with Crippen molar-refractivity contribution in [2.24, 2.45) is 17.3 Å². The fourth-order valence-electron chi connectivity index (χ4n) is 2.81. The summed E-state index contributed by atoms with van der Waals surface area (Å²) in [5, 5.41) is 0. The van der Waals surface area contributed by atoms with E-state index in [9.17, 15) is 0 Å². The first-order valence-electron chi connectivity index (χ1n) is 6.12. The first-order valence-corrected chi connectivity index (χ1v) is 6.12. The Hall–Kier alpha value is 0. The minimum atomic E-state index is 0.710. The molecule has 78 valence electrons. The fraction of sp³-hybridized carbons (Fsp3) is 1.00. The van der Waals surface area contributed by atoms with Crippen LogP contribution in [0.4, 0.5) is 0 Å². The molecule has 0 aromatic carbocycles. The first-order chi connectivity index (χ1) is 6.12. The molecule has 0 radical (unpaired) electrons. The lowest BCUT2D eigenvalue weighted by Gasteiger charge is -2.48. The monoisotopic (exact) mass is 182 g/mol. The van der Waals surface area contributed by atoms with Crippen LogP contribution >= 0.6 is 0 Å². The van der Waals surface area contributed by atoms with Crippen molar-refractivity contribution in [3.8, 4) is 0 Å². The summed E-state index contributed by atoms with van der Waals surface area (Å²) < 4.78 is 0. The van der Waals surface area contributed by atoms with Crippen molar-refractivity contribution < 1.29 is 0 Å². The lowest BCUT2D eigenvalue weighted by molar-refractivity contribution is 0.0271. The van der Waals surface area contributed by atoms with Gasteiger partial charge in [0, 0.05) is 0 Å². The molecule has 1 aliphatic carbocycles. The molecule has 0 aromatic heterocycles. The van der Waals surface area contributed by atoms with Crippen LogP contribution in [0.25, 0.3) is 0 Å². The molecule has 0 spiro atoms. The Labute approximate surface area is 84.1 Å². The van der Waals surface area contributed by atoms with Crippen molar-refractivity contribution in [1.82, 2.24) is 0 Å². The van der Waals surface area contributed by atoms with E-state index in [0.29, 0.717) is 5.41 Å². The van der Waals surface area contributed by atoms with E-state index in [1.807, 2.05) is 0 Å². The zero-order valence-electron chi connectivity index (χ0n) is 9.90. The molecular weight excluding hydrogens is 156 g/mol. The van der Waals surface area contributed by atoms with Crippen molar-refractivity contribution in [3.05, 3.63) is 0 Å². The summed E-state index contributed by atoms with van der Waals surface area (Å²) in [5.74, 6) is 2.00. The van der Waals surface area contributed by atoms with Crippen LogP contribution in [0.15, 0.2) is 0 Å². The van der Waals surface area contributed by atoms with Crippen LogP contribution in [0.5, 0.6) is 0 Å². The van der Waals surface area contributed by atoms with E-state index in [4.69, 9.17) is 0 Å². The molecule has 0 aromatic rings. The number of hydrogen-bond acceptors (Lipinski definition) is 0. The van der Waals surface area contributed by atoms with Gasteiger partial charge in [-0.05, 0) is 36.5 Å². The predicted octanol–water partition coefficient (Wildman–Crippen LogP) is 4.64. The Balaban J connectivity index is 2.29. The zero-order chi connectivity index (χ0) is 9.90. The largest absolute Gasteiger partial charge is 0.0654 e. The maximum absolute atomic E-state index is 2.49. The molecule has 1 fully saturated rings. The van der Waals surface area contributed by atoms with Crippen LogP contribution in [0.3, 0.4) is 0 Å². The van der Waals surface area contributed by atoms with Gasteiger partial charge in [0.15, 0.2) is 0 Å². The maximum Gasteiger partial charge on any atom is -0.0300 e. The summed E-state index contributed by atoms with van der Waals surface area (Å²) in [6.07, 6.45) is 8.63. The molecule has 0 heterocycles. The molecule has 1 rings (SSSR count). The van der Waals surface area contributed by atoms with Crippen molar-refractivity contribution in [2.45, 2.75) is 66.2 Å². The Morgan fingerprint density at radius 3 is 2.46 bits per heavy atom.